The van der Waals surface area contributed by atoms with E-state index in [0.29, 0.717) is 12.0 Å². The molecule has 0 aromatic carbocycles. The van der Waals surface area contributed by atoms with Crippen molar-refractivity contribution >= 4 is 13.6 Å². The maximum Gasteiger partial charge on any atom is 0.154 e. The van der Waals surface area contributed by atoms with Crippen LogP contribution in [0.25, 0.3) is 0 Å². The third-order valence-corrected chi connectivity index (χ3v) is 1.58. The molecule has 0 saturated carbocycles. The number of ketones is 1. The molecule has 0 spiro atoms. The van der Waals surface area contributed by atoms with Crippen molar-refractivity contribution in [3.63, 3.8) is 0 Å². The van der Waals surface area contributed by atoms with Gasteiger partial charge >= 0.3 is 0 Å². The van der Waals surface area contributed by atoms with Crippen LogP contribution in [-0.4, -0.2) is 24.8 Å². The summed E-state index contributed by atoms with van der Waals surface area (Å²) >= 11 is 0. The van der Waals surface area contributed by atoms with E-state index < -0.39 is 6.10 Å². The normalized spacial score (nSPS) is 23.0. The number of Topliss-reactive ketones (excluding diaryl/α,β-unsaturated/α-hetero) is 1. The Bertz CT molecular complexity index is 218. The Balaban J connectivity index is 2.63. The average Bonchev–Trinajstić information content (AvgIpc) is 2.05. The van der Waals surface area contributed by atoms with Gasteiger partial charge in [-0.1, -0.05) is 18.2 Å². The fraction of sp³-hybridized carbons (Fsp3) is 0.375. The van der Waals surface area contributed by atoms with Gasteiger partial charge < -0.3 is 5.11 Å². The molecule has 1 atom stereocenters. The Kier molecular flexibility index (Phi) is 2.66. The molecule has 1 N–H and O–H groups in total. The standard InChI is InChI=1S/C8H9BO2/c9-5-8(11)6-1-3-7(10)4-2-6/h1-3,7,10H,4-5H2. The number of hydrogen-bond donors (Lipinski definition) is 1. The van der Waals surface area contributed by atoms with E-state index in [1.54, 1.807) is 18.2 Å². The highest BCUT2D eigenvalue weighted by Gasteiger charge is 2.08. The van der Waals surface area contributed by atoms with Crippen LogP contribution >= 0.6 is 0 Å². The van der Waals surface area contributed by atoms with Crippen LogP contribution in [0.4, 0.5) is 0 Å². The molecule has 2 nitrogen and oxygen atoms in total. The first kappa shape index (κ1) is 8.27. The van der Waals surface area contributed by atoms with Crippen molar-refractivity contribution in [3.8, 4) is 0 Å². The predicted molar refractivity (Wildman–Crippen MR) is 43.4 cm³/mol. The van der Waals surface area contributed by atoms with E-state index in [2.05, 4.69) is 0 Å². The minimum Gasteiger partial charge on any atom is -0.389 e. The van der Waals surface area contributed by atoms with Crippen molar-refractivity contribution in [2.45, 2.75) is 18.8 Å². The van der Waals surface area contributed by atoms with Gasteiger partial charge in [-0.25, -0.2) is 0 Å². The van der Waals surface area contributed by atoms with Gasteiger partial charge in [0, 0.05) is 5.57 Å². The Morgan fingerprint density at radius 1 is 1.82 bits per heavy atom. The van der Waals surface area contributed by atoms with Crippen LogP contribution in [-0.2, 0) is 4.79 Å². The van der Waals surface area contributed by atoms with Crippen LogP contribution in [0.2, 0.25) is 6.32 Å². The van der Waals surface area contributed by atoms with Gasteiger partial charge in [0.25, 0.3) is 0 Å². The first-order chi connectivity index (χ1) is 5.24. The molecule has 1 aliphatic carbocycles. The molecule has 11 heavy (non-hydrogen) atoms. The number of hydrogen-bond acceptors (Lipinski definition) is 2. The van der Waals surface area contributed by atoms with E-state index >= 15 is 0 Å². The molecule has 0 aromatic heterocycles. The van der Waals surface area contributed by atoms with Gasteiger partial charge in [0.1, 0.15) is 0 Å². The lowest BCUT2D eigenvalue weighted by Crippen LogP contribution is -2.08. The lowest BCUT2D eigenvalue weighted by Gasteiger charge is -2.08. The molecule has 0 heterocycles. The van der Waals surface area contributed by atoms with Gasteiger partial charge in [0.05, 0.1) is 14.0 Å². The lowest BCUT2D eigenvalue weighted by molar-refractivity contribution is -0.113. The zero-order valence-corrected chi connectivity index (χ0v) is 6.16. The van der Waals surface area contributed by atoms with E-state index in [1.807, 2.05) is 0 Å². The summed E-state index contributed by atoms with van der Waals surface area (Å²) in [7, 11) is 5.15. The maximum absolute atomic E-state index is 10.9. The fourth-order valence-electron chi connectivity index (χ4n) is 0.934. The third kappa shape index (κ3) is 2.05. The molecular formula is C8H9BO2. The molecule has 0 fully saturated rings. The van der Waals surface area contributed by atoms with Gasteiger partial charge in [-0.15, -0.1) is 0 Å². The van der Waals surface area contributed by atoms with E-state index in [4.69, 9.17) is 13.0 Å². The molecule has 0 saturated heterocycles. The largest absolute Gasteiger partial charge is 0.389 e. The van der Waals surface area contributed by atoms with E-state index in [1.165, 1.54) is 0 Å². The summed E-state index contributed by atoms with van der Waals surface area (Å²) in [5.41, 5.74) is 0.609. The van der Waals surface area contributed by atoms with Gasteiger partial charge in [-0.2, -0.15) is 0 Å². The molecule has 0 aliphatic heterocycles. The maximum atomic E-state index is 10.9. The van der Waals surface area contributed by atoms with Crippen LogP contribution < -0.4 is 0 Å². The highest BCUT2D eigenvalue weighted by atomic mass is 16.3. The Hall–Kier alpha value is -0.825. The second kappa shape index (κ2) is 3.53. The van der Waals surface area contributed by atoms with Crippen molar-refractivity contribution < 1.29 is 9.90 Å². The molecule has 3 heteroatoms. The highest BCUT2D eigenvalue weighted by molar-refractivity contribution is 6.24. The average molecular weight is 148 g/mol. The van der Waals surface area contributed by atoms with Crippen molar-refractivity contribution in [1.82, 2.24) is 0 Å². The number of carbonyl (C=O) groups is 1. The fourth-order valence-corrected chi connectivity index (χ4v) is 0.934. The van der Waals surface area contributed by atoms with Crippen molar-refractivity contribution in [2.24, 2.45) is 0 Å². The Morgan fingerprint density at radius 2 is 2.55 bits per heavy atom. The first-order valence-electron chi connectivity index (χ1n) is 3.53. The predicted octanol–water partition coefficient (Wildman–Crippen LogP) is 0.390. The summed E-state index contributed by atoms with van der Waals surface area (Å²) in [4.78, 5) is 10.9. The number of aliphatic hydroxyl groups excluding tert-OH is 1. The lowest BCUT2D eigenvalue weighted by atomic mass is 9.92. The smallest absolute Gasteiger partial charge is 0.154 e. The number of aliphatic hydroxyl groups is 1. The van der Waals surface area contributed by atoms with Crippen molar-refractivity contribution in [2.75, 3.05) is 0 Å². The van der Waals surface area contributed by atoms with Gasteiger partial charge in [0.2, 0.25) is 0 Å². The van der Waals surface area contributed by atoms with E-state index in [9.17, 15) is 4.79 Å². The minimum atomic E-state index is -0.440. The zero-order valence-electron chi connectivity index (χ0n) is 6.16. The Morgan fingerprint density at radius 3 is 3.00 bits per heavy atom. The van der Waals surface area contributed by atoms with E-state index in [-0.39, 0.29) is 12.1 Å². The number of carbonyl (C=O) groups excluding carboxylic acids is 1. The van der Waals surface area contributed by atoms with Crippen LogP contribution in [0.15, 0.2) is 23.8 Å². The summed E-state index contributed by atoms with van der Waals surface area (Å²) < 4.78 is 0. The molecule has 1 unspecified atom stereocenters. The van der Waals surface area contributed by atoms with Gasteiger partial charge in [-0.3, -0.25) is 4.79 Å². The third-order valence-electron chi connectivity index (χ3n) is 1.58. The summed E-state index contributed by atoms with van der Waals surface area (Å²) in [6.07, 6.45) is 5.03. The van der Waals surface area contributed by atoms with Crippen LogP contribution in [0.5, 0.6) is 0 Å². The summed E-state index contributed by atoms with van der Waals surface area (Å²) in [5, 5.41) is 9.01. The van der Waals surface area contributed by atoms with E-state index in [0.717, 1.165) is 0 Å². The molecule has 2 radical (unpaired) electrons. The molecular weight excluding hydrogens is 139 g/mol. The quantitative estimate of drug-likeness (QED) is 0.575. The second-order valence-electron chi connectivity index (χ2n) is 2.45. The molecule has 1 rings (SSSR count). The zero-order chi connectivity index (χ0) is 8.27. The monoisotopic (exact) mass is 148 g/mol. The van der Waals surface area contributed by atoms with Gasteiger partial charge in [0.15, 0.2) is 5.78 Å². The number of allylic oxidation sites excluding steroid dienone is 2. The highest BCUT2D eigenvalue weighted by Crippen LogP contribution is 2.11. The second-order valence-corrected chi connectivity index (χ2v) is 2.45. The number of rotatable bonds is 2. The van der Waals surface area contributed by atoms with Crippen LogP contribution in [0.1, 0.15) is 6.42 Å². The summed E-state index contributed by atoms with van der Waals surface area (Å²) in [5.74, 6) is -0.0758. The molecule has 0 amide bonds. The van der Waals surface area contributed by atoms with Crippen molar-refractivity contribution in [3.05, 3.63) is 23.8 Å². The molecule has 56 valence electrons. The first-order valence-corrected chi connectivity index (χ1v) is 3.53. The summed E-state index contributed by atoms with van der Waals surface area (Å²) in [6, 6.07) is 0. The molecule has 0 aromatic rings. The molecule has 1 aliphatic rings. The van der Waals surface area contributed by atoms with Crippen LogP contribution in [0, 0.1) is 0 Å². The van der Waals surface area contributed by atoms with Gasteiger partial charge in [-0.05, 0) is 12.7 Å². The van der Waals surface area contributed by atoms with Crippen molar-refractivity contribution in [1.29, 1.82) is 0 Å². The van der Waals surface area contributed by atoms with Crippen LogP contribution in [0.3, 0.4) is 0 Å². The Labute approximate surface area is 67.0 Å². The SMILES string of the molecule is [B]CC(=O)C1=CCC(O)C=C1. The topological polar surface area (TPSA) is 37.3 Å². The molecule has 0 bridgehead atoms. The minimum absolute atomic E-state index is 0.0340. The summed E-state index contributed by atoms with van der Waals surface area (Å²) in [6.45, 7) is 0.